The molecule has 80 valence electrons. The van der Waals surface area contributed by atoms with Gasteiger partial charge in [0, 0.05) is 11.1 Å². The van der Waals surface area contributed by atoms with Gasteiger partial charge < -0.3 is 4.74 Å². The molecule has 0 amide bonds. The summed E-state index contributed by atoms with van der Waals surface area (Å²) in [7, 11) is 0. The van der Waals surface area contributed by atoms with Crippen LogP contribution in [0.2, 0.25) is 0 Å². The highest BCUT2D eigenvalue weighted by atomic mass is 16.5. The number of rotatable bonds is 0. The van der Waals surface area contributed by atoms with E-state index in [1.807, 2.05) is 0 Å². The number of fused-ring (bicyclic) bond motifs is 2. The average Bonchev–Trinajstić information content (AvgIpc) is 2.55. The number of ether oxygens (including phenoxy) is 1. The predicted octanol–water partition coefficient (Wildman–Crippen LogP) is 4.01. The van der Waals surface area contributed by atoms with Crippen LogP contribution in [0.15, 0.2) is 54.3 Å². The van der Waals surface area contributed by atoms with Crippen molar-refractivity contribution in [2.75, 3.05) is 0 Å². The van der Waals surface area contributed by atoms with E-state index in [4.69, 9.17) is 4.74 Å². The summed E-state index contributed by atoms with van der Waals surface area (Å²) in [5.41, 5.74) is 3.79. The van der Waals surface area contributed by atoms with Gasteiger partial charge in [-0.3, -0.25) is 0 Å². The summed E-state index contributed by atoms with van der Waals surface area (Å²) in [6.07, 6.45) is 9.69. The lowest BCUT2D eigenvalue weighted by Gasteiger charge is -2.26. The van der Waals surface area contributed by atoms with Crippen molar-refractivity contribution in [3.8, 4) is 0 Å². The maximum absolute atomic E-state index is 5.94. The zero-order valence-electron chi connectivity index (χ0n) is 9.31. The highest BCUT2D eigenvalue weighted by Gasteiger charge is 2.22. The van der Waals surface area contributed by atoms with Gasteiger partial charge in [-0.1, -0.05) is 42.5 Å². The molecule has 0 spiro atoms. The lowest BCUT2D eigenvalue weighted by molar-refractivity contribution is 0.140. The van der Waals surface area contributed by atoms with Gasteiger partial charge in [-0.2, -0.15) is 0 Å². The van der Waals surface area contributed by atoms with Gasteiger partial charge in [0.05, 0.1) is 0 Å². The van der Waals surface area contributed by atoms with Gasteiger partial charge >= 0.3 is 0 Å². The monoisotopic (exact) mass is 210 g/mol. The Labute approximate surface area is 95.7 Å². The second kappa shape index (κ2) is 3.67. The molecule has 1 aromatic carbocycles. The minimum absolute atomic E-state index is 0.145. The molecule has 0 saturated heterocycles. The van der Waals surface area contributed by atoms with E-state index in [-0.39, 0.29) is 6.10 Å². The van der Waals surface area contributed by atoms with Crippen LogP contribution in [-0.4, -0.2) is 0 Å². The van der Waals surface area contributed by atoms with E-state index in [0.717, 1.165) is 12.2 Å². The molecule has 0 saturated carbocycles. The molecule has 0 fully saturated rings. The first kappa shape index (κ1) is 9.46. The van der Waals surface area contributed by atoms with Crippen molar-refractivity contribution in [2.24, 2.45) is 0 Å². The van der Waals surface area contributed by atoms with Crippen molar-refractivity contribution in [2.45, 2.75) is 19.4 Å². The zero-order valence-corrected chi connectivity index (χ0v) is 9.31. The van der Waals surface area contributed by atoms with Crippen LogP contribution in [0, 0.1) is 0 Å². The first-order valence-electron chi connectivity index (χ1n) is 5.69. The number of allylic oxidation sites excluding steroid dienone is 5. The van der Waals surface area contributed by atoms with E-state index >= 15 is 0 Å². The van der Waals surface area contributed by atoms with Crippen LogP contribution in [0.25, 0.3) is 5.57 Å². The summed E-state index contributed by atoms with van der Waals surface area (Å²) >= 11 is 0. The largest absolute Gasteiger partial charge is 0.485 e. The van der Waals surface area contributed by atoms with E-state index in [1.165, 1.54) is 16.7 Å². The Hall–Kier alpha value is -1.76. The van der Waals surface area contributed by atoms with Gasteiger partial charge in [0.25, 0.3) is 0 Å². The van der Waals surface area contributed by atoms with Gasteiger partial charge in [0.1, 0.15) is 11.9 Å². The number of hydrogen-bond donors (Lipinski definition) is 0. The lowest BCUT2D eigenvalue weighted by atomic mass is 9.93. The Kier molecular flexibility index (Phi) is 2.17. The fourth-order valence-electron chi connectivity index (χ4n) is 2.29. The van der Waals surface area contributed by atoms with Crippen LogP contribution in [0.1, 0.15) is 30.6 Å². The molecule has 16 heavy (non-hydrogen) atoms. The molecule has 1 atom stereocenters. The summed E-state index contributed by atoms with van der Waals surface area (Å²) in [5, 5.41) is 0. The Bertz CT molecular complexity index is 506. The third kappa shape index (κ3) is 1.40. The average molecular weight is 210 g/mol. The zero-order chi connectivity index (χ0) is 11.0. The molecule has 2 aliphatic rings. The van der Waals surface area contributed by atoms with E-state index in [9.17, 15) is 0 Å². The molecular weight excluding hydrogens is 196 g/mol. The molecule has 0 radical (unpaired) electrons. The Balaban J connectivity index is 2.23. The standard InChI is InChI=1S/C15H14O/c1-11-12-7-5-6-8-13(12)14-9-3-2-4-10-15(14)16-11/h3-11H,2H2,1H3. The van der Waals surface area contributed by atoms with Gasteiger partial charge in [-0.05, 0) is 25.0 Å². The highest BCUT2D eigenvalue weighted by molar-refractivity contribution is 5.80. The Morgan fingerprint density at radius 1 is 1.12 bits per heavy atom. The highest BCUT2D eigenvalue weighted by Crippen LogP contribution is 2.38. The van der Waals surface area contributed by atoms with Crippen LogP contribution >= 0.6 is 0 Å². The third-order valence-corrected chi connectivity index (χ3v) is 3.08. The summed E-state index contributed by atoms with van der Waals surface area (Å²) in [4.78, 5) is 0. The molecule has 0 aromatic heterocycles. The molecule has 0 N–H and O–H groups in total. The van der Waals surface area contributed by atoms with E-state index in [0.29, 0.717) is 0 Å². The fraction of sp³-hybridized carbons (Fsp3) is 0.200. The smallest absolute Gasteiger partial charge is 0.127 e. The van der Waals surface area contributed by atoms with Crippen molar-refractivity contribution in [1.82, 2.24) is 0 Å². The van der Waals surface area contributed by atoms with Gasteiger partial charge in [-0.15, -0.1) is 0 Å². The van der Waals surface area contributed by atoms with Crippen LogP contribution in [0.5, 0.6) is 0 Å². The maximum atomic E-state index is 5.94. The molecule has 1 heteroatoms. The molecule has 1 aliphatic carbocycles. The van der Waals surface area contributed by atoms with E-state index < -0.39 is 0 Å². The predicted molar refractivity (Wildman–Crippen MR) is 65.8 cm³/mol. The normalized spacial score (nSPS) is 22.2. The molecule has 1 heterocycles. The summed E-state index contributed by atoms with van der Waals surface area (Å²) in [6, 6.07) is 8.48. The van der Waals surface area contributed by atoms with E-state index in [2.05, 4.69) is 55.5 Å². The van der Waals surface area contributed by atoms with Gasteiger partial charge in [0.15, 0.2) is 0 Å². The van der Waals surface area contributed by atoms with Crippen molar-refractivity contribution in [3.05, 3.63) is 65.5 Å². The second-order valence-electron chi connectivity index (χ2n) is 4.17. The molecule has 1 nitrogen and oxygen atoms in total. The minimum atomic E-state index is 0.145. The van der Waals surface area contributed by atoms with Crippen molar-refractivity contribution in [3.63, 3.8) is 0 Å². The van der Waals surface area contributed by atoms with Gasteiger partial charge in [0.2, 0.25) is 0 Å². The quantitative estimate of drug-likeness (QED) is 0.628. The molecule has 1 unspecified atom stereocenters. The topological polar surface area (TPSA) is 9.23 Å². The molecule has 1 aromatic rings. The van der Waals surface area contributed by atoms with Crippen molar-refractivity contribution in [1.29, 1.82) is 0 Å². The minimum Gasteiger partial charge on any atom is -0.485 e. The number of hydrogen-bond acceptors (Lipinski definition) is 1. The van der Waals surface area contributed by atoms with Crippen molar-refractivity contribution >= 4 is 5.57 Å². The van der Waals surface area contributed by atoms with Crippen LogP contribution in [0.4, 0.5) is 0 Å². The van der Waals surface area contributed by atoms with Crippen LogP contribution in [-0.2, 0) is 4.74 Å². The SMILES string of the molecule is CC1OC2=C(C=CCC=C2)c2ccccc21. The maximum Gasteiger partial charge on any atom is 0.127 e. The second-order valence-corrected chi connectivity index (χ2v) is 4.17. The number of benzene rings is 1. The Morgan fingerprint density at radius 3 is 2.88 bits per heavy atom. The van der Waals surface area contributed by atoms with E-state index in [1.54, 1.807) is 0 Å². The summed E-state index contributed by atoms with van der Waals surface area (Å²) in [5.74, 6) is 1.000. The molecular formula is C15H14O. The first-order chi connectivity index (χ1) is 7.86. The summed E-state index contributed by atoms with van der Waals surface area (Å²) in [6.45, 7) is 2.10. The molecule has 3 rings (SSSR count). The lowest BCUT2D eigenvalue weighted by Crippen LogP contribution is -2.09. The van der Waals surface area contributed by atoms with Crippen molar-refractivity contribution < 1.29 is 4.74 Å². The molecule has 1 aliphatic heterocycles. The Morgan fingerprint density at radius 2 is 1.94 bits per heavy atom. The third-order valence-electron chi connectivity index (χ3n) is 3.08. The fourth-order valence-corrected chi connectivity index (χ4v) is 2.29. The van der Waals surface area contributed by atoms with Crippen LogP contribution in [0.3, 0.4) is 0 Å². The van der Waals surface area contributed by atoms with Crippen LogP contribution < -0.4 is 0 Å². The molecule has 0 bridgehead atoms. The first-order valence-corrected chi connectivity index (χ1v) is 5.69. The van der Waals surface area contributed by atoms with Gasteiger partial charge in [-0.25, -0.2) is 0 Å². The summed E-state index contributed by atoms with van der Waals surface area (Å²) < 4.78 is 5.94.